The lowest BCUT2D eigenvalue weighted by atomic mass is 9.84. The third-order valence-corrected chi connectivity index (χ3v) is 4.77. The van der Waals surface area contributed by atoms with Crippen molar-refractivity contribution in [2.45, 2.75) is 32.2 Å². The molecule has 3 nitrogen and oxygen atoms in total. The van der Waals surface area contributed by atoms with Crippen molar-refractivity contribution < 1.29 is 9.84 Å². The standard InChI is InChI=1S/C17H25NO2/c1-14-5-7-15(8-6-14)16-4-2-3-9-18(16)10-17(11-19)12-20-13-17/h5-8,16,19H,2-4,9-13H2,1H3. The molecular formula is C17H25NO2. The molecule has 2 aliphatic heterocycles. The summed E-state index contributed by atoms with van der Waals surface area (Å²) in [6.07, 6.45) is 3.80. The molecule has 1 atom stereocenters. The number of hydrogen-bond acceptors (Lipinski definition) is 3. The van der Waals surface area contributed by atoms with Gasteiger partial charge in [0.1, 0.15) is 0 Å². The third kappa shape index (κ3) is 2.76. The summed E-state index contributed by atoms with van der Waals surface area (Å²) in [7, 11) is 0. The topological polar surface area (TPSA) is 32.7 Å². The summed E-state index contributed by atoms with van der Waals surface area (Å²) in [5, 5.41) is 9.65. The monoisotopic (exact) mass is 275 g/mol. The van der Waals surface area contributed by atoms with Gasteiger partial charge in [-0.1, -0.05) is 36.2 Å². The smallest absolute Gasteiger partial charge is 0.0579 e. The molecule has 0 bridgehead atoms. The number of ether oxygens (including phenoxy) is 1. The molecule has 0 amide bonds. The van der Waals surface area contributed by atoms with Gasteiger partial charge in [0.15, 0.2) is 0 Å². The highest BCUT2D eigenvalue weighted by Crippen LogP contribution is 2.36. The average Bonchev–Trinajstić information content (AvgIpc) is 2.44. The Hall–Kier alpha value is -0.900. The Balaban J connectivity index is 1.75. The molecule has 1 aromatic carbocycles. The number of aliphatic hydroxyl groups is 1. The lowest BCUT2D eigenvalue weighted by Gasteiger charge is -2.47. The molecule has 3 rings (SSSR count). The van der Waals surface area contributed by atoms with Crippen LogP contribution in [0.25, 0.3) is 0 Å². The van der Waals surface area contributed by atoms with Crippen molar-refractivity contribution in [2.24, 2.45) is 5.41 Å². The van der Waals surface area contributed by atoms with E-state index in [1.807, 2.05) is 0 Å². The minimum atomic E-state index is -0.0136. The highest BCUT2D eigenvalue weighted by atomic mass is 16.5. The molecule has 1 aromatic rings. The zero-order chi connectivity index (χ0) is 14.0. The normalized spacial score (nSPS) is 26.2. The van der Waals surface area contributed by atoms with Crippen LogP contribution in [-0.2, 0) is 4.74 Å². The highest BCUT2D eigenvalue weighted by molar-refractivity contribution is 5.24. The second-order valence-corrected chi connectivity index (χ2v) is 6.54. The first-order chi connectivity index (χ1) is 9.72. The van der Waals surface area contributed by atoms with Crippen LogP contribution in [0.2, 0.25) is 0 Å². The van der Waals surface area contributed by atoms with Crippen molar-refractivity contribution in [1.29, 1.82) is 0 Å². The molecule has 2 aliphatic rings. The maximum absolute atomic E-state index is 9.65. The number of benzene rings is 1. The molecule has 0 saturated carbocycles. The van der Waals surface area contributed by atoms with Crippen LogP contribution in [0.4, 0.5) is 0 Å². The van der Waals surface area contributed by atoms with Gasteiger partial charge in [-0.3, -0.25) is 4.90 Å². The molecule has 3 heteroatoms. The third-order valence-electron chi connectivity index (χ3n) is 4.77. The van der Waals surface area contributed by atoms with E-state index in [2.05, 4.69) is 36.1 Å². The molecule has 0 aromatic heterocycles. The second kappa shape index (κ2) is 5.84. The van der Waals surface area contributed by atoms with Gasteiger partial charge in [-0.15, -0.1) is 0 Å². The van der Waals surface area contributed by atoms with Gasteiger partial charge in [0, 0.05) is 12.6 Å². The zero-order valence-electron chi connectivity index (χ0n) is 12.3. The Kier molecular flexibility index (Phi) is 4.11. The summed E-state index contributed by atoms with van der Waals surface area (Å²) in [6.45, 7) is 5.89. The molecule has 2 heterocycles. The van der Waals surface area contributed by atoms with Crippen molar-refractivity contribution in [3.8, 4) is 0 Å². The van der Waals surface area contributed by atoms with Gasteiger partial charge in [-0.2, -0.15) is 0 Å². The van der Waals surface area contributed by atoms with Crippen LogP contribution in [0.3, 0.4) is 0 Å². The van der Waals surface area contributed by atoms with Crippen molar-refractivity contribution in [3.05, 3.63) is 35.4 Å². The maximum atomic E-state index is 9.65. The van der Waals surface area contributed by atoms with E-state index < -0.39 is 0 Å². The molecule has 1 N–H and O–H groups in total. The number of aryl methyl sites for hydroxylation is 1. The van der Waals surface area contributed by atoms with Crippen LogP contribution < -0.4 is 0 Å². The first-order valence-electron chi connectivity index (χ1n) is 7.72. The largest absolute Gasteiger partial charge is 0.396 e. The molecular weight excluding hydrogens is 250 g/mol. The van der Waals surface area contributed by atoms with Crippen LogP contribution in [-0.4, -0.2) is 42.9 Å². The number of likely N-dealkylation sites (tertiary alicyclic amines) is 1. The Labute approximate surface area is 121 Å². The quantitative estimate of drug-likeness (QED) is 0.916. The molecule has 0 spiro atoms. The molecule has 2 fully saturated rings. The lowest BCUT2D eigenvalue weighted by Crippen LogP contribution is -2.54. The summed E-state index contributed by atoms with van der Waals surface area (Å²) >= 11 is 0. The fourth-order valence-corrected chi connectivity index (χ4v) is 3.40. The van der Waals surface area contributed by atoms with Crippen molar-refractivity contribution in [3.63, 3.8) is 0 Å². The van der Waals surface area contributed by atoms with Gasteiger partial charge >= 0.3 is 0 Å². The van der Waals surface area contributed by atoms with E-state index in [1.54, 1.807) is 0 Å². The first kappa shape index (κ1) is 14.1. The molecule has 110 valence electrons. The zero-order valence-corrected chi connectivity index (χ0v) is 12.3. The van der Waals surface area contributed by atoms with Crippen molar-refractivity contribution >= 4 is 0 Å². The fourth-order valence-electron chi connectivity index (χ4n) is 3.40. The van der Waals surface area contributed by atoms with Gasteiger partial charge in [0.2, 0.25) is 0 Å². The molecule has 0 aliphatic carbocycles. The van der Waals surface area contributed by atoms with E-state index in [4.69, 9.17) is 4.74 Å². The second-order valence-electron chi connectivity index (χ2n) is 6.54. The average molecular weight is 275 g/mol. The van der Waals surface area contributed by atoms with Crippen LogP contribution in [0.15, 0.2) is 24.3 Å². The summed E-state index contributed by atoms with van der Waals surface area (Å²) < 4.78 is 5.34. The van der Waals surface area contributed by atoms with Gasteiger partial charge in [0.05, 0.1) is 25.2 Å². The van der Waals surface area contributed by atoms with Crippen LogP contribution in [0.1, 0.15) is 36.4 Å². The number of nitrogens with zero attached hydrogens (tertiary/aromatic N) is 1. The molecule has 2 saturated heterocycles. The van der Waals surface area contributed by atoms with Crippen molar-refractivity contribution in [1.82, 2.24) is 4.90 Å². The predicted molar refractivity (Wildman–Crippen MR) is 79.7 cm³/mol. The van der Waals surface area contributed by atoms with Gasteiger partial charge in [-0.05, 0) is 31.9 Å². The van der Waals surface area contributed by atoms with Crippen molar-refractivity contribution in [2.75, 3.05) is 32.9 Å². The first-order valence-corrected chi connectivity index (χ1v) is 7.72. The van der Waals surface area contributed by atoms with E-state index in [0.717, 1.165) is 13.1 Å². The Morgan fingerprint density at radius 2 is 2.00 bits per heavy atom. The molecule has 20 heavy (non-hydrogen) atoms. The maximum Gasteiger partial charge on any atom is 0.0579 e. The molecule has 0 radical (unpaired) electrons. The Morgan fingerprint density at radius 3 is 2.60 bits per heavy atom. The minimum absolute atomic E-state index is 0.0136. The van der Waals surface area contributed by atoms with E-state index in [0.29, 0.717) is 19.3 Å². The fraction of sp³-hybridized carbons (Fsp3) is 0.647. The summed E-state index contributed by atoms with van der Waals surface area (Å²) in [5.41, 5.74) is 2.72. The lowest BCUT2D eigenvalue weighted by molar-refractivity contribution is -0.153. The van der Waals surface area contributed by atoms with Crippen LogP contribution in [0, 0.1) is 12.3 Å². The van der Waals surface area contributed by atoms with E-state index in [9.17, 15) is 5.11 Å². The van der Waals surface area contributed by atoms with Crippen LogP contribution in [0.5, 0.6) is 0 Å². The minimum Gasteiger partial charge on any atom is -0.396 e. The number of hydrogen-bond donors (Lipinski definition) is 1. The van der Waals surface area contributed by atoms with E-state index >= 15 is 0 Å². The predicted octanol–water partition coefficient (Wildman–Crippen LogP) is 2.53. The highest BCUT2D eigenvalue weighted by Gasteiger charge is 2.41. The summed E-state index contributed by atoms with van der Waals surface area (Å²) in [4.78, 5) is 2.56. The van der Waals surface area contributed by atoms with E-state index in [-0.39, 0.29) is 12.0 Å². The molecule has 1 unspecified atom stereocenters. The number of aliphatic hydroxyl groups excluding tert-OH is 1. The van der Waals surface area contributed by atoms with Crippen LogP contribution >= 0.6 is 0 Å². The van der Waals surface area contributed by atoms with Gasteiger partial charge in [0.25, 0.3) is 0 Å². The Bertz CT molecular complexity index is 433. The van der Waals surface area contributed by atoms with E-state index in [1.165, 1.54) is 30.4 Å². The number of rotatable bonds is 4. The van der Waals surface area contributed by atoms with Gasteiger partial charge in [-0.25, -0.2) is 0 Å². The SMILES string of the molecule is Cc1ccc(C2CCCCN2CC2(CO)COC2)cc1. The Morgan fingerprint density at radius 1 is 1.25 bits per heavy atom. The summed E-state index contributed by atoms with van der Waals surface area (Å²) in [6, 6.07) is 9.45. The van der Waals surface area contributed by atoms with Gasteiger partial charge < -0.3 is 9.84 Å². The summed E-state index contributed by atoms with van der Waals surface area (Å²) in [5.74, 6) is 0. The number of piperidine rings is 1.